The molecule has 2 aromatic heterocycles. The minimum absolute atomic E-state index is 0.255. The van der Waals surface area contributed by atoms with Crippen molar-refractivity contribution in [2.75, 3.05) is 18.8 Å². The second-order valence-electron chi connectivity index (χ2n) is 6.80. The van der Waals surface area contributed by atoms with Gasteiger partial charge in [0.2, 0.25) is 0 Å². The largest absolute Gasteiger partial charge is 0.382 e. The maximum atomic E-state index is 13.2. The summed E-state index contributed by atoms with van der Waals surface area (Å²) in [5.41, 5.74) is 7.69. The molecule has 1 aromatic carbocycles. The monoisotopic (exact) mass is 440 g/mol. The molecule has 0 aliphatic heterocycles. The minimum Gasteiger partial charge on any atom is -0.382 e. The molecular formula is C21H25FN8S. The van der Waals surface area contributed by atoms with Crippen LogP contribution in [-0.4, -0.2) is 33.8 Å². The van der Waals surface area contributed by atoms with Gasteiger partial charge in [0.25, 0.3) is 0 Å². The molecule has 8 nitrogen and oxygen atoms in total. The van der Waals surface area contributed by atoms with E-state index in [4.69, 9.17) is 5.73 Å². The Hall–Kier alpha value is -3.45. The van der Waals surface area contributed by atoms with Crippen molar-refractivity contribution in [3.8, 4) is 11.8 Å². The van der Waals surface area contributed by atoms with Gasteiger partial charge in [0.1, 0.15) is 28.3 Å². The number of benzene rings is 1. The smallest absolute Gasteiger partial charge is 0.191 e. The SMILES string of the molecule is CCNC(=NCc1ncc(C)s1)NCCCc1nn(-c2ccc(F)cc2)c(N)c1C#N. The van der Waals surface area contributed by atoms with Gasteiger partial charge in [-0.25, -0.2) is 19.0 Å². The Balaban J connectivity index is 1.60. The first kappa shape index (κ1) is 22.2. The highest BCUT2D eigenvalue weighted by Gasteiger charge is 2.16. The summed E-state index contributed by atoms with van der Waals surface area (Å²) in [4.78, 5) is 10.0. The molecule has 0 bridgehead atoms. The molecule has 0 fully saturated rings. The average molecular weight is 441 g/mol. The Bertz CT molecular complexity index is 1080. The van der Waals surface area contributed by atoms with Crippen LogP contribution in [0.2, 0.25) is 0 Å². The van der Waals surface area contributed by atoms with E-state index in [9.17, 15) is 9.65 Å². The molecule has 3 aromatic rings. The predicted octanol–water partition coefficient (Wildman–Crippen LogP) is 2.92. The number of halogens is 1. The molecule has 10 heteroatoms. The summed E-state index contributed by atoms with van der Waals surface area (Å²) in [6.07, 6.45) is 3.15. The van der Waals surface area contributed by atoms with Gasteiger partial charge < -0.3 is 16.4 Å². The Kier molecular flexibility index (Phi) is 7.56. The number of aromatic nitrogens is 3. The first-order valence-corrected chi connectivity index (χ1v) is 10.8. The molecule has 2 heterocycles. The van der Waals surface area contributed by atoms with E-state index in [0.29, 0.717) is 42.4 Å². The van der Waals surface area contributed by atoms with Crippen LogP contribution in [0.1, 0.15) is 34.5 Å². The minimum atomic E-state index is -0.343. The highest BCUT2D eigenvalue weighted by Crippen LogP contribution is 2.21. The second kappa shape index (κ2) is 10.5. The zero-order valence-electron chi connectivity index (χ0n) is 17.5. The van der Waals surface area contributed by atoms with Crippen LogP contribution in [0.25, 0.3) is 5.69 Å². The first-order chi connectivity index (χ1) is 15.0. The van der Waals surface area contributed by atoms with Gasteiger partial charge in [-0.15, -0.1) is 11.3 Å². The topological polar surface area (TPSA) is 117 Å². The van der Waals surface area contributed by atoms with Crippen molar-refractivity contribution >= 4 is 23.1 Å². The number of aryl methyl sites for hydroxylation is 2. The average Bonchev–Trinajstić information content (AvgIpc) is 3.32. The maximum absolute atomic E-state index is 13.2. The number of nitrogens with two attached hydrogens (primary N) is 1. The van der Waals surface area contributed by atoms with Crippen molar-refractivity contribution in [2.45, 2.75) is 33.2 Å². The summed E-state index contributed by atoms with van der Waals surface area (Å²) in [6.45, 7) is 5.95. The number of nitrogen functional groups attached to an aromatic ring is 1. The van der Waals surface area contributed by atoms with E-state index in [1.807, 2.05) is 20.0 Å². The maximum Gasteiger partial charge on any atom is 0.191 e. The van der Waals surface area contributed by atoms with Crippen molar-refractivity contribution in [3.05, 3.63) is 57.4 Å². The fraction of sp³-hybridized carbons (Fsp3) is 0.333. The van der Waals surface area contributed by atoms with Crippen LogP contribution < -0.4 is 16.4 Å². The van der Waals surface area contributed by atoms with Crippen LogP contribution in [0.4, 0.5) is 10.2 Å². The summed E-state index contributed by atoms with van der Waals surface area (Å²) >= 11 is 1.63. The summed E-state index contributed by atoms with van der Waals surface area (Å²) in [6, 6.07) is 7.95. The van der Waals surface area contributed by atoms with Crippen molar-refractivity contribution in [1.29, 1.82) is 5.26 Å². The van der Waals surface area contributed by atoms with Crippen LogP contribution in [-0.2, 0) is 13.0 Å². The third-order valence-corrected chi connectivity index (χ3v) is 5.34. The predicted molar refractivity (Wildman–Crippen MR) is 121 cm³/mol. The van der Waals surface area contributed by atoms with Gasteiger partial charge in [-0.3, -0.25) is 0 Å². The molecule has 3 rings (SSSR count). The highest BCUT2D eigenvalue weighted by atomic mass is 32.1. The van der Waals surface area contributed by atoms with Gasteiger partial charge in [0, 0.05) is 24.2 Å². The number of rotatable bonds is 8. The van der Waals surface area contributed by atoms with Gasteiger partial charge in [-0.2, -0.15) is 10.4 Å². The van der Waals surface area contributed by atoms with Crippen LogP contribution >= 0.6 is 11.3 Å². The van der Waals surface area contributed by atoms with Crippen molar-refractivity contribution in [1.82, 2.24) is 25.4 Å². The van der Waals surface area contributed by atoms with E-state index < -0.39 is 0 Å². The lowest BCUT2D eigenvalue weighted by atomic mass is 10.1. The van der Waals surface area contributed by atoms with Crippen LogP contribution in [0, 0.1) is 24.1 Å². The normalized spacial score (nSPS) is 11.4. The third-order valence-electron chi connectivity index (χ3n) is 4.45. The van der Waals surface area contributed by atoms with Crippen LogP contribution in [0.15, 0.2) is 35.5 Å². The Morgan fingerprint density at radius 3 is 2.74 bits per heavy atom. The van der Waals surface area contributed by atoms with Crippen molar-refractivity contribution in [3.63, 3.8) is 0 Å². The number of anilines is 1. The quantitative estimate of drug-likeness (QED) is 0.282. The fourth-order valence-electron chi connectivity index (χ4n) is 2.98. The molecule has 31 heavy (non-hydrogen) atoms. The molecule has 0 amide bonds. The third kappa shape index (κ3) is 5.79. The van der Waals surface area contributed by atoms with Gasteiger partial charge >= 0.3 is 0 Å². The molecule has 0 spiro atoms. The van der Waals surface area contributed by atoms with E-state index >= 15 is 0 Å². The van der Waals surface area contributed by atoms with Gasteiger partial charge in [-0.1, -0.05) is 0 Å². The molecule has 162 valence electrons. The molecule has 0 aliphatic carbocycles. The molecule has 0 atom stereocenters. The highest BCUT2D eigenvalue weighted by molar-refractivity contribution is 7.11. The Labute approximate surface area is 184 Å². The Morgan fingerprint density at radius 2 is 2.10 bits per heavy atom. The lowest BCUT2D eigenvalue weighted by Gasteiger charge is -2.10. The summed E-state index contributed by atoms with van der Waals surface area (Å²) in [7, 11) is 0. The number of thiazole rings is 1. The van der Waals surface area contributed by atoms with Crippen molar-refractivity contribution in [2.24, 2.45) is 4.99 Å². The van der Waals surface area contributed by atoms with Gasteiger partial charge in [0.15, 0.2) is 5.96 Å². The summed E-state index contributed by atoms with van der Waals surface area (Å²) in [5.74, 6) is 0.627. The Morgan fingerprint density at radius 1 is 1.32 bits per heavy atom. The standard InChI is InChI=1S/C21H25FN8S/c1-3-25-21(28-13-19-27-12-14(2)31-19)26-10-4-5-18-17(11-23)20(24)30(29-18)16-8-6-15(22)7-9-16/h6-9,12H,3-5,10,13,24H2,1-2H3,(H2,25,26,28). The lowest BCUT2D eigenvalue weighted by molar-refractivity contribution is 0.627. The van der Waals surface area contributed by atoms with Gasteiger partial charge in [0.05, 0.1) is 17.9 Å². The number of guanidine groups is 1. The van der Waals surface area contributed by atoms with Gasteiger partial charge in [-0.05, 0) is 51.0 Å². The molecule has 4 N–H and O–H groups in total. The van der Waals surface area contributed by atoms with E-state index in [0.717, 1.165) is 22.9 Å². The van der Waals surface area contributed by atoms with E-state index in [-0.39, 0.29) is 11.6 Å². The molecule has 0 unspecified atom stereocenters. The number of hydrogen-bond donors (Lipinski definition) is 3. The number of nitrogens with one attached hydrogen (secondary N) is 2. The van der Waals surface area contributed by atoms with Crippen LogP contribution in [0.5, 0.6) is 0 Å². The van der Waals surface area contributed by atoms with Crippen molar-refractivity contribution < 1.29 is 4.39 Å². The molecule has 0 saturated heterocycles. The molecule has 0 radical (unpaired) electrons. The van der Waals surface area contributed by atoms with E-state index in [1.54, 1.807) is 23.5 Å². The number of aliphatic imine (C=N–C) groups is 1. The molecule has 0 saturated carbocycles. The summed E-state index contributed by atoms with van der Waals surface area (Å²) in [5, 5.41) is 21.5. The van der Waals surface area contributed by atoms with Crippen LogP contribution in [0.3, 0.4) is 0 Å². The zero-order chi connectivity index (χ0) is 22.2. The number of nitrogens with zero attached hydrogens (tertiary/aromatic N) is 5. The zero-order valence-corrected chi connectivity index (χ0v) is 18.3. The number of nitriles is 1. The number of hydrogen-bond acceptors (Lipinski definition) is 6. The summed E-state index contributed by atoms with van der Waals surface area (Å²) < 4.78 is 14.7. The lowest BCUT2D eigenvalue weighted by Crippen LogP contribution is -2.37. The molecule has 0 aliphatic rings. The molecular weight excluding hydrogens is 415 g/mol. The van der Waals surface area contributed by atoms with E-state index in [1.165, 1.54) is 16.8 Å². The second-order valence-corrected chi connectivity index (χ2v) is 8.12. The fourth-order valence-corrected chi connectivity index (χ4v) is 3.69. The van der Waals surface area contributed by atoms with E-state index in [2.05, 4.69) is 31.8 Å². The first-order valence-electron chi connectivity index (χ1n) is 9.98.